The quantitative estimate of drug-likeness (QED) is 0.144. The number of benzene rings is 2. The normalized spacial score (nSPS) is 18.8. The van der Waals surface area contributed by atoms with Gasteiger partial charge in [-0.3, -0.25) is 20.2 Å². The third kappa shape index (κ3) is 8.68. The zero-order valence-corrected chi connectivity index (χ0v) is 24.2. The molecule has 2 heterocycles. The molecule has 0 aliphatic carbocycles. The largest absolute Gasteiger partial charge is 0.519 e. The number of hydrogen-bond acceptors (Lipinski definition) is 11. The fraction of sp³-hybridized carbons (Fsp3) is 0.552. The standard InChI is InChI=1S/C29H36N2O11/c1-28(2)37-15-19(16-38-28)5-7-21-13-23(30(33)34)9-11-25(21)41-27(32)42-26-12-10-24(31(35)36)14-22(26)8-6-20-17-39-29(3,4)40-18-20/h9-14,19-20H,5-8,15-18H2,1-4H3. The van der Waals surface area contributed by atoms with Crippen LogP contribution in [0.4, 0.5) is 16.2 Å². The van der Waals surface area contributed by atoms with Gasteiger partial charge in [0.2, 0.25) is 0 Å². The Morgan fingerprint density at radius 3 is 1.43 bits per heavy atom. The molecule has 0 bridgehead atoms. The molecule has 0 atom stereocenters. The average Bonchev–Trinajstić information content (AvgIpc) is 2.93. The third-order valence-electron chi connectivity index (χ3n) is 7.21. The van der Waals surface area contributed by atoms with Crippen LogP contribution in [-0.4, -0.2) is 54.0 Å². The van der Waals surface area contributed by atoms with Gasteiger partial charge in [0.25, 0.3) is 11.4 Å². The fourth-order valence-corrected chi connectivity index (χ4v) is 4.66. The van der Waals surface area contributed by atoms with Gasteiger partial charge in [-0.15, -0.1) is 0 Å². The van der Waals surface area contributed by atoms with Crippen molar-refractivity contribution in [1.29, 1.82) is 0 Å². The highest BCUT2D eigenvalue weighted by atomic mass is 16.7. The van der Waals surface area contributed by atoms with E-state index in [-0.39, 0.29) is 34.7 Å². The maximum absolute atomic E-state index is 12.9. The number of nitro benzene ring substituents is 2. The monoisotopic (exact) mass is 588 g/mol. The summed E-state index contributed by atoms with van der Waals surface area (Å²) in [4.78, 5) is 34.6. The van der Waals surface area contributed by atoms with Crippen LogP contribution in [0.1, 0.15) is 51.7 Å². The molecule has 2 saturated heterocycles. The first-order valence-electron chi connectivity index (χ1n) is 13.8. The lowest BCUT2D eigenvalue weighted by Crippen LogP contribution is -2.39. The van der Waals surface area contributed by atoms with Crippen molar-refractivity contribution in [3.05, 3.63) is 67.8 Å². The minimum absolute atomic E-state index is 0.0609. The van der Waals surface area contributed by atoms with Gasteiger partial charge in [0, 0.05) is 47.2 Å². The zero-order chi connectivity index (χ0) is 30.5. The van der Waals surface area contributed by atoms with E-state index >= 15 is 0 Å². The van der Waals surface area contributed by atoms with Gasteiger partial charge in [0.05, 0.1) is 36.3 Å². The molecule has 2 aliphatic heterocycles. The summed E-state index contributed by atoms with van der Waals surface area (Å²) in [5.74, 6) is -0.967. The molecule has 0 saturated carbocycles. The summed E-state index contributed by atoms with van der Waals surface area (Å²) in [6, 6.07) is 7.93. The number of nitro groups is 2. The maximum Gasteiger partial charge on any atom is 0.519 e. The molecule has 0 radical (unpaired) electrons. The minimum atomic E-state index is -1.07. The van der Waals surface area contributed by atoms with E-state index in [4.69, 9.17) is 28.4 Å². The second-order valence-electron chi connectivity index (χ2n) is 11.4. The Hall–Kier alpha value is -3.65. The van der Waals surface area contributed by atoms with Crippen molar-refractivity contribution in [2.75, 3.05) is 26.4 Å². The summed E-state index contributed by atoms with van der Waals surface area (Å²) in [7, 11) is 0. The van der Waals surface area contributed by atoms with Crippen molar-refractivity contribution >= 4 is 17.5 Å². The fourth-order valence-electron chi connectivity index (χ4n) is 4.66. The van der Waals surface area contributed by atoms with Crippen LogP contribution in [0.15, 0.2) is 36.4 Å². The Balaban J connectivity index is 1.44. The van der Waals surface area contributed by atoms with Crippen molar-refractivity contribution in [2.24, 2.45) is 11.8 Å². The Morgan fingerprint density at radius 2 is 1.10 bits per heavy atom. The molecule has 0 amide bonds. The lowest BCUT2D eigenvalue weighted by atomic mass is 9.99. The lowest BCUT2D eigenvalue weighted by Gasteiger charge is -2.35. The summed E-state index contributed by atoms with van der Waals surface area (Å²) in [6.45, 7) is 9.21. The van der Waals surface area contributed by atoms with Gasteiger partial charge in [-0.25, -0.2) is 4.79 Å². The Morgan fingerprint density at radius 1 is 0.738 bits per heavy atom. The van der Waals surface area contributed by atoms with Crippen LogP contribution in [0, 0.1) is 32.1 Å². The summed E-state index contributed by atoms with van der Waals surface area (Å²) >= 11 is 0. The maximum atomic E-state index is 12.9. The Kier molecular flexibility index (Phi) is 9.77. The molecule has 2 aliphatic rings. The molecule has 13 nitrogen and oxygen atoms in total. The van der Waals surface area contributed by atoms with Crippen LogP contribution in [0.3, 0.4) is 0 Å². The van der Waals surface area contributed by atoms with Crippen molar-refractivity contribution in [2.45, 2.75) is 65.0 Å². The first kappa shape index (κ1) is 31.3. The number of nitrogens with zero attached hydrogens (tertiary/aromatic N) is 2. The number of hydrogen-bond donors (Lipinski definition) is 0. The molecule has 13 heteroatoms. The number of carbonyl (C=O) groups excluding carboxylic acids is 1. The third-order valence-corrected chi connectivity index (χ3v) is 7.21. The van der Waals surface area contributed by atoms with Crippen molar-refractivity contribution in [3.63, 3.8) is 0 Å². The Labute approximate surface area is 243 Å². The molecule has 0 aromatic heterocycles. The van der Waals surface area contributed by atoms with E-state index < -0.39 is 27.6 Å². The molecule has 0 spiro atoms. The average molecular weight is 589 g/mol. The molecule has 228 valence electrons. The van der Waals surface area contributed by atoms with Gasteiger partial charge in [-0.05, 0) is 65.5 Å². The van der Waals surface area contributed by atoms with E-state index in [1.54, 1.807) is 0 Å². The van der Waals surface area contributed by atoms with Gasteiger partial charge >= 0.3 is 6.16 Å². The molecule has 2 fully saturated rings. The van der Waals surface area contributed by atoms with E-state index in [1.165, 1.54) is 36.4 Å². The van der Waals surface area contributed by atoms with E-state index in [0.717, 1.165) is 0 Å². The predicted octanol–water partition coefficient (Wildman–Crippen LogP) is 5.74. The zero-order valence-electron chi connectivity index (χ0n) is 24.2. The molecule has 2 aromatic rings. The SMILES string of the molecule is CC1(C)OCC(CCc2cc([N+](=O)[O-])ccc2OC(=O)Oc2ccc([N+](=O)[O-])cc2CCC2COC(C)(C)OC2)CO1. The van der Waals surface area contributed by atoms with E-state index in [0.29, 0.717) is 63.2 Å². The molecule has 42 heavy (non-hydrogen) atoms. The van der Waals surface area contributed by atoms with E-state index in [9.17, 15) is 25.0 Å². The molecule has 0 unspecified atom stereocenters. The lowest BCUT2D eigenvalue weighted by molar-refractivity contribution is -0.385. The van der Waals surface area contributed by atoms with Gasteiger partial charge < -0.3 is 28.4 Å². The molecular formula is C29H36N2O11. The molecule has 2 aromatic carbocycles. The van der Waals surface area contributed by atoms with Gasteiger partial charge in [-0.1, -0.05) is 0 Å². The molecule has 4 rings (SSSR count). The molecular weight excluding hydrogens is 552 g/mol. The van der Waals surface area contributed by atoms with Crippen LogP contribution in [0.5, 0.6) is 11.5 Å². The highest BCUT2D eigenvalue weighted by Gasteiger charge is 2.30. The summed E-state index contributed by atoms with van der Waals surface area (Å²) in [5.41, 5.74) is 0.629. The topological polar surface area (TPSA) is 159 Å². The summed E-state index contributed by atoms with van der Waals surface area (Å²) in [6.07, 6.45) is 0.833. The van der Waals surface area contributed by atoms with Crippen molar-refractivity contribution in [3.8, 4) is 11.5 Å². The minimum Gasteiger partial charge on any atom is -0.394 e. The number of rotatable bonds is 10. The van der Waals surface area contributed by atoms with Crippen LogP contribution in [0.25, 0.3) is 0 Å². The van der Waals surface area contributed by atoms with Gasteiger partial charge in [0.1, 0.15) is 11.5 Å². The number of carbonyl (C=O) groups is 1. The van der Waals surface area contributed by atoms with Crippen LogP contribution in [0.2, 0.25) is 0 Å². The van der Waals surface area contributed by atoms with Gasteiger partial charge in [-0.2, -0.15) is 0 Å². The van der Waals surface area contributed by atoms with E-state index in [2.05, 4.69) is 0 Å². The second kappa shape index (κ2) is 13.1. The molecule has 0 N–H and O–H groups in total. The highest BCUT2D eigenvalue weighted by Crippen LogP contribution is 2.32. The number of ether oxygens (including phenoxy) is 6. The smallest absolute Gasteiger partial charge is 0.394 e. The second-order valence-corrected chi connectivity index (χ2v) is 11.4. The first-order valence-corrected chi connectivity index (χ1v) is 13.8. The van der Waals surface area contributed by atoms with Gasteiger partial charge in [0.15, 0.2) is 11.6 Å². The first-order chi connectivity index (χ1) is 19.8. The van der Waals surface area contributed by atoms with Crippen molar-refractivity contribution < 1.29 is 43.1 Å². The van der Waals surface area contributed by atoms with Crippen LogP contribution < -0.4 is 9.47 Å². The summed E-state index contributed by atoms with van der Waals surface area (Å²) < 4.78 is 33.8. The number of aryl methyl sites for hydroxylation is 2. The highest BCUT2D eigenvalue weighted by molar-refractivity contribution is 5.69. The van der Waals surface area contributed by atoms with Crippen LogP contribution >= 0.6 is 0 Å². The Bertz CT molecular complexity index is 1190. The predicted molar refractivity (Wildman–Crippen MR) is 148 cm³/mol. The number of non-ortho nitro benzene ring substituents is 2. The van der Waals surface area contributed by atoms with E-state index in [1.807, 2.05) is 27.7 Å². The van der Waals surface area contributed by atoms with Crippen molar-refractivity contribution in [1.82, 2.24) is 0 Å². The summed E-state index contributed by atoms with van der Waals surface area (Å²) in [5, 5.41) is 22.8. The van der Waals surface area contributed by atoms with Crippen LogP contribution in [-0.2, 0) is 31.8 Å².